The zero-order chi connectivity index (χ0) is 27.6. The number of benzene rings is 2. The lowest BCUT2D eigenvalue weighted by Crippen LogP contribution is -2.37. The third-order valence-corrected chi connectivity index (χ3v) is 6.62. The summed E-state index contributed by atoms with van der Waals surface area (Å²) in [7, 11) is 0. The van der Waals surface area contributed by atoms with E-state index in [1.54, 1.807) is 10.9 Å². The van der Waals surface area contributed by atoms with Crippen molar-refractivity contribution in [2.24, 2.45) is 0 Å². The molecule has 0 saturated carbocycles. The quantitative estimate of drug-likeness (QED) is 0.276. The zero-order valence-corrected chi connectivity index (χ0v) is 23.0. The number of H-pyrrole nitrogens is 1. The van der Waals surface area contributed by atoms with Gasteiger partial charge in [-0.15, -0.1) is 5.10 Å². The molecule has 0 spiro atoms. The lowest BCUT2D eigenvalue weighted by molar-refractivity contribution is 0.171. The number of pyridine rings is 1. The molecule has 39 heavy (non-hydrogen) atoms. The van der Waals surface area contributed by atoms with Gasteiger partial charge >= 0.3 is 0 Å². The molecule has 1 atom stereocenters. The van der Waals surface area contributed by atoms with E-state index in [4.69, 9.17) is 9.15 Å². The first-order chi connectivity index (χ1) is 18.7. The maximum absolute atomic E-state index is 13.7. The first-order valence-corrected chi connectivity index (χ1v) is 13.1. The molecule has 0 unspecified atom stereocenters. The van der Waals surface area contributed by atoms with Crippen LogP contribution < -0.4 is 10.3 Å². The molecule has 5 aromatic rings. The minimum absolute atomic E-state index is 0.183. The van der Waals surface area contributed by atoms with Crippen molar-refractivity contribution in [3.63, 3.8) is 0 Å². The number of fused-ring (bicyclic) bond motifs is 1. The Bertz CT molecular complexity index is 1600. The van der Waals surface area contributed by atoms with Crippen molar-refractivity contribution in [3.05, 3.63) is 106 Å². The van der Waals surface area contributed by atoms with E-state index in [2.05, 4.69) is 25.4 Å². The van der Waals surface area contributed by atoms with E-state index in [0.29, 0.717) is 31.1 Å². The Balaban J connectivity index is 1.68. The number of hydrogen-bond acceptors (Lipinski definition) is 7. The summed E-state index contributed by atoms with van der Waals surface area (Å²) in [6, 6.07) is 19.2. The van der Waals surface area contributed by atoms with Crippen molar-refractivity contribution < 1.29 is 9.15 Å². The van der Waals surface area contributed by atoms with Gasteiger partial charge in [0.2, 0.25) is 0 Å². The average molecular weight is 527 g/mol. The monoisotopic (exact) mass is 526 g/mol. The Morgan fingerprint density at radius 1 is 1.08 bits per heavy atom. The maximum atomic E-state index is 13.7. The van der Waals surface area contributed by atoms with Gasteiger partial charge in [-0.05, 0) is 98.0 Å². The highest BCUT2D eigenvalue weighted by Gasteiger charge is 2.34. The predicted octanol–water partition coefficient (Wildman–Crippen LogP) is 5.36. The number of nitrogens with one attached hydrogen (secondary N) is 1. The molecular formula is C30H34N6O3. The standard InChI is InChI=1S/C30H34N6O3/c1-6-38-23-13-10-21(11-14-23)18-35(19-24-8-7-15-39-24)27(28-32-33-34-36(28)30(3,4)5)25-17-22-12-9-20(2)16-26(22)31-29(25)37/h7-17,27H,6,18-19H2,1-5H3,(H,31,37)/t27-/m0/s1. The van der Waals surface area contributed by atoms with Crippen LogP contribution in [0.15, 0.2) is 76.1 Å². The van der Waals surface area contributed by atoms with Crippen LogP contribution >= 0.6 is 0 Å². The first-order valence-electron chi connectivity index (χ1n) is 13.1. The molecule has 9 heteroatoms. The number of aryl methyl sites for hydroxylation is 1. The molecule has 0 bridgehead atoms. The molecule has 202 valence electrons. The summed E-state index contributed by atoms with van der Waals surface area (Å²) in [5.74, 6) is 2.17. The summed E-state index contributed by atoms with van der Waals surface area (Å²) in [5.41, 5.74) is 2.89. The molecule has 2 aromatic carbocycles. The van der Waals surface area contributed by atoms with E-state index < -0.39 is 11.6 Å². The number of ether oxygens (including phenoxy) is 1. The zero-order valence-electron chi connectivity index (χ0n) is 23.0. The summed E-state index contributed by atoms with van der Waals surface area (Å²) < 4.78 is 13.2. The Hall–Kier alpha value is -4.24. The molecule has 0 aliphatic carbocycles. The predicted molar refractivity (Wildman–Crippen MR) is 150 cm³/mol. The van der Waals surface area contributed by atoms with Gasteiger partial charge in [-0.25, -0.2) is 4.68 Å². The molecule has 0 amide bonds. The van der Waals surface area contributed by atoms with E-state index in [9.17, 15) is 4.79 Å². The van der Waals surface area contributed by atoms with Crippen LogP contribution in [0.4, 0.5) is 0 Å². The van der Waals surface area contributed by atoms with Crippen LogP contribution in [0.3, 0.4) is 0 Å². The van der Waals surface area contributed by atoms with Crippen LogP contribution in [-0.4, -0.2) is 36.7 Å². The van der Waals surface area contributed by atoms with Gasteiger partial charge in [-0.1, -0.05) is 24.3 Å². The van der Waals surface area contributed by atoms with Crippen LogP contribution in [0.2, 0.25) is 0 Å². The average Bonchev–Trinajstić information content (AvgIpc) is 3.58. The number of aromatic amines is 1. The smallest absolute Gasteiger partial charge is 0.253 e. The molecule has 0 aliphatic heterocycles. The fourth-order valence-corrected chi connectivity index (χ4v) is 4.81. The second kappa shape index (κ2) is 10.9. The van der Waals surface area contributed by atoms with E-state index in [1.165, 1.54) is 0 Å². The number of furan rings is 1. The second-order valence-corrected chi connectivity index (χ2v) is 10.7. The number of tetrazole rings is 1. The minimum atomic E-state index is -0.564. The normalized spacial score (nSPS) is 12.8. The van der Waals surface area contributed by atoms with Crippen molar-refractivity contribution in [3.8, 4) is 5.75 Å². The van der Waals surface area contributed by atoms with E-state index in [0.717, 1.165) is 33.5 Å². The van der Waals surface area contributed by atoms with E-state index in [-0.39, 0.29) is 5.56 Å². The molecule has 3 aromatic heterocycles. The largest absolute Gasteiger partial charge is 0.494 e. The first kappa shape index (κ1) is 26.4. The topological polar surface area (TPSA) is 102 Å². The molecule has 9 nitrogen and oxygen atoms in total. The Morgan fingerprint density at radius 2 is 1.87 bits per heavy atom. The third-order valence-electron chi connectivity index (χ3n) is 6.62. The van der Waals surface area contributed by atoms with Gasteiger partial charge in [-0.3, -0.25) is 9.69 Å². The fourth-order valence-electron chi connectivity index (χ4n) is 4.81. The van der Waals surface area contributed by atoms with Crippen molar-refractivity contribution >= 4 is 10.9 Å². The van der Waals surface area contributed by atoms with Crippen molar-refractivity contribution in [1.29, 1.82) is 0 Å². The van der Waals surface area contributed by atoms with Gasteiger partial charge in [0.1, 0.15) is 17.6 Å². The minimum Gasteiger partial charge on any atom is -0.494 e. The molecular weight excluding hydrogens is 492 g/mol. The van der Waals surface area contributed by atoms with Crippen molar-refractivity contribution in [1.82, 2.24) is 30.1 Å². The maximum Gasteiger partial charge on any atom is 0.253 e. The summed E-state index contributed by atoms with van der Waals surface area (Å²) in [5, 5.41) is 13.8. The molecule has 0 aliphatic rings. The van der Waals surface area contributed by atoms with E-state index in [1.807, 2.05) is 95.3 Å². The number of rotatable bonds is 9. The fraction of sp³-hybridized carbons (Fsp3) is 0.333. The molecule has 3 heterocycles. The van der Waals surface area contributed by atoms with Gasteiger partial charge in [0.05, 0.1) is 25.0 Å². The van der Waals surface area contributed by atoms with Gasteiger partial charge in [0.25, 0.3) is 5.56 Å². The Labute approximate surface area is 227 Å². The Morgan fingerprint density at radius 3 is 2.56 bits per heavy atom. The summed E-state index contributed by atoms with van der Waals surface area (Å²) in [6.07, 6.45) is 1.66. The van der Waals surface area contributed by atoms with Crippen LogP contribution in [-0.2, 0) is 18.6 Å². The highest BCUT2D eigenvalue weighted by atomic mass is 16.5. The van der Waals surface area contributed by atoms with Crippen LogP contribution in [0.5, 0.6) is 5.75 Å². The lowest BCUT2D eigenvalue weighted by atomic mass is 10.0. The highest BCUT2D eigenvalue weighted by Crippen LogP contribution is 2.32. The van der Waals surface area contributed by atoms with Gasteiger partial charge < -0.3 is 14.1 Å². The van der Waals surface area contributed by atoms with Crippen molar-refractivity contribution in [2.75, 3.05) is 6.61 Å². The summed E-state index contributed by atoms with van der Waals surface area (Å²) in [4.78, 5) is 19.0. The number of hydrogen-bond donors (Lipinski definition) is 1. The second-order valence-electron chi connectivity index (χ2n) is 10.7. The summed E-state index contributed by atoms with van der Waals surface area (Å²) in [6.45, 7) is 11.7. The SMILES string of the molecule is CCOc1ccc(CN(Cc2ccco2)[C@@H](c2cc3ccc(C)cc3[nH]c2=O)c2nnnn2C(C)(C)C)cc1. The summed E-state index contributed by atoms with van der Waals surface area (Å²) >= 11 is 0. The highest BCUT2D eigenvalue weighted by molar-refractivity contribution is 5.79. The van der Waals surface area contributed by atoms with Crippen LogP contribution in [0, 0.1) is 6.92 Å². The number of aromatic nitrogens is 5. The Kier molecular flexibility index (Phi) is 7.34. The number of nitrogens with zero attached hydrogens (tertiary/aromatic N) is 5. The van der Waals surface area contributed by atoms with Crippen LogP contribution in [0.1, 0.15) is 62.0 Å². The molecule has 1 N–H and O–H groups in total. The van der Waals surface area contributed by atoms with E-state index >= 15 is 0 Å². The lowest BCUT2D eigenvalue weighted by Gasteiger charge is -2.32. The molecule has 0 radical (unpaired) electrons. The molecule has 5 rings (SSSR count). The van der Waals surface area contributed by atoms with Gasteiger partial charge in [0, 0.05) is 17.6 Å². The van der Waals surface area contributed by atoms with Crippen LogP contribution in [0.25, 0.3) is 10.9 Å². The van der Waals surface area contributed by atoms with Crippen molar-refractivity contribution in [2.45, 2.75) is 59.3 Å². The third kappa shape index (κ3) is 5.78. The molecule has 0 saturated heterocycles. The van der Waals surface area contributed by atoms with Gasteiger partial charge in [0.15, 0.2) is 5.82 Å². The molecule has 0 fully saturated rings. The van der Waals surface area contributed by atoms with Gasteiger partial charge in [-0.2, -0.15) is 0 Å².